The largest absolute Gasteiger partial charge is 0.389 e. The van der Waals surface area contributed by atoms with Gasteiger partial charge in [-0.2, -0.15) is 0 Å². The third kappa shape index (κ3) is 4.97. The standard InChI is InChI=1S/C16H23FN2O4/c1-19(13-9-23-10-14(22-2)16(13)21)8-15(20)18-7-11-3-5-12(17)6-4-11/h3-6,13-14,16,21H,7-10H2,1-2H3,(H,18,20)/t13-,14-,16+/m1/s1. The average molecular weight is 326 g/mol. The second kappa shape index (κ2) is 8.35. The molecule has 1 aromatic rings. The molecule has 1 heterocycles. The van der Waals surface area contributed by atoms with Crippen LogP contribution in [0.4, 0.5) is 4.39 Å². The summed E-state index contributed by atoms with van der Waals surface area (Å²) in [6, 6.07) is 5.66. The van der Waals surface area contributed by atoms with Crippen molar-refractivity contribution in [3.8, 4) is 0 Å². The third-order valence-corrected chi connectivity index (χ3v) is 4.01. The Hall–Kier alpha value is -1.54. The number of carbonyl (C=O) groups is 1. The number of nitrogens with one attached hydrogen (secondary N) is 1. The van der Waals surface area contributed by atoms with E-state index in [1.54, 1.807) is 24.1 Å². The van der Waals surface area contributed by atoms with Gasteiger partial charge in [-0.05, 0) is 24.7 Å². The van der Waals surface area contributed by atoms with Gasteiger partial charge in [0.15, 0.2) is 0 Å². The maximum Gasteiger partial charge on any atom is 0.234 e. The Balaban J connectivity index is 1.80. The van der Waals surface area contributed by atoms with Crippen LogP contribution in [0.2, 0.25) is 0 Å². The van der Waals surface area contributed by atoms with Gasteiger partial charge < -0.3 is 19.9 Å². The van der Waals surface area contributed by atoms with Crippen molar-refractivity contribution in [2.45, 2.75) is 24.8 Å². The highest BCUT2D eigenvalue weighted by Crippen LogP contribution is 2.15. The van der Waals surface area contributed by atoms with E-state index >= 15 is 0 Å². The lowest BCUT2D eigenvalue weighted by molar-refractivity contribution is -0.145. The normalized spacial score (nSPS) is 24.7. The number of amides is 1. The van der Waals surface area contributed by atoms with E-state index < -0.39 is 12.2 Å². The first-order valence-electron chi connectivity index (χ1n) is 7.51. The zero-order valence-corrected chi connectivity index (χ0v) is 13.4. The first-order chi connectivity index (χ1) is 11.0. The van der Waals surface area contributed by atoms with Crippen molar-refractivity contribution in [2.75, 3.05) is 33.9 Å². The number of carbonyl (C=O) groups excluding carboxylic acids is 1. The summed E-state index contributed by atoms with van der Waals surface area (Å²) in [5.41, 5.74) is 0.822. The number of likely N-dealkylation sites (N-methyl/N-ethyl adjacent to an activating group) is 1. The van der Waals surface area contributed by atoms with E-state index in [1.807, 2.05) is 0 Å². The number of nitrogens with zero attached hydrogens (tertiary/aromatic N) is 1. The first kappa shape index (κ1) is 17.8. The zero-order valence-electron chi connectivity index (χ0n) is 13.4. The highest BCUT2D eigenvalue weighted by molar-refractivity contribution is 5.78. The fraction of sp³-hybridized carbons (Fsp3) is 0.562. The van der Waals surface area contributed by atoms with Crippen LogP contribution >= 0.6 is 0 Å². The van der Waals surface area contributed by atoms with Gasteiger partial charge in [0.05, 0.1) is 25.8 Å². The van der Waals surface area contributed by atoms with Gasteiger partial charge in [0.25, 0.3) is 0 Å². The summed E-state index contributed by atoms with van der Waals surface area (Å²) in [5.74, 6) is -0.484. The van der Waals surface area contributed by atoms with Gasteiger partial charge in [0.2, 0.25) is 5.91 Å². The van der Waals surface area contributed by atoms with Crippen LogP contribution in [0.25, 0.3) is 0 Å². The Morgan fingerprint density at radius 3 is 2.78 bits per heavy atom. The second-order valence-electron chi connectivity index (χ2n) is 5.69. The molecule has 1 aliphatic rings. The number of ether oxygens (including phenoxy) is 2. The Morgan fingerprint density at radius 2 is 2.13 bits per heavy atom. The molecule has 1 fully saturated rings. The molecule has 0 unspecified atom stereocenters. The van der Waals surface area contributed by atoms with Crippen molar-refractivity contribution in [1.82, 2.24) is 10.2 Å². The van der Waals surface area contributed by atoms with Gasteiger partial charge in [-0.3, -0.25) is 9.69 Å². The second-order valence-corrected chi connectivity index (χ2v) is 5.69. The van der Waals surface area contributed by atoms with Crippen molar-refractivity contribution in [2.24, 2.45) is 0 Å². The van der Waals surface area contributed by atoms with Crippen molar-refractivity contribution in [1.29, 1.82) is 0 Å². The molecule has 0 radical (unpaired) electrons. The summed E-state index contributed by atoms with van der Waals surface area (Å²) < 4.78 is 23.4. The summed E-state index contributed by atoms with van der Waals surface area (Å²) in [5, 5.41) is 13.0. The van der Waals surface area contributed by atoms with Gasteiger partial charge in [-0.15, -0.1) is 0 Å². The maximum atomic E-state index is 12.8. The first-order valence-corrected chi connectivity index (χ1v) is 7.51. The summed E-state index contributed by atoms with van der Waals surface area (Å²) in [6.45, 7) is 1.15. The summed E-state index contributed by atoms with van der Waals surface area (Å²) >= 11 is 0. The molecule has 128 valence electrons. The Kier molecular flexibility index (Phi) is 6.47. The smallest absolute Gasteiger partial charge is 0.234 e. The lowest BCUT2D eigenvalue weighted by Gasteiger charge is -2.38. The van der Waals surface area contributed by atoms with Gasteiger partial charge >= 0.3 is 0 Å². The van der Waals surface area contributed by atoms with E-state index in [0.717, 1.165) is 5.56 Å². The van der Waals surface area contributed by atoms with Crippen molar-refractivity contribution in [3.63, 3.8) is 0 Å². The quantitative estimate of drug-likeness (QED) is 0.779. The van der Waals surface area contributed by atoms with Crippen LogP contribution in [0.15, 0.2) is 24.3 Å². The van der Waals surface area contributed by atoms with Crippen LogP contribution in [0, 0.1) is 5.82 Å². The SMILES string of the molecule is CO[C@@H]1COC[C@@H](N(C)CC(=O)NCc2ccc(F)cc2)[C@@H]1O. The number of methoxy groups -OCH3 is 1. The Morgan fingerprint density at radius 1 is 1.43 bits per heavy atom. The molecule has 23 heavy (non-hydrogen) atoms. The molecular weight excluding hydrogens is 303 g/mol. The van der Waals surface area contributed by atoms with Crippen LogP contribution in [-0.4, -0.2) is 68.1 Å². The lowest BCUT2D eigenvalue weighted by Crippen LogP contribution is -2.56. The van der Waals surface area contributed by atoms with E-state index in [9.17, 15) is 14.3 Å². The molecular formula is C16H23FN2O4. The topological polar surface area (TPSA) is 71.0 Å². The number of rotatable bonds is 6. The van der Waals surface area contributed by atoms with Crippen molar-refractivity contribution < 1.29 is 23.8 Å². The van der Waals surface area contributed by atoms with E-state index in [-0.39, 0.29) is 24.3 Å². The summed E-state index contributed by atoms with van der Waals surface area (Å²) in [7, 11) is 3.28. The van der Waals surface area contributed by atoms with Gasteiger partial charge in [0.1, 0.15) is 18.0 Å². The fourth-order valence-corrected chi connectivity index (χ4v) is 2.55. The molecule has 2 rings (SSSR count). The van der Waals surface area contributed by atoms with Crippen LogP contribution in [-0.2, 0) is 20.8 Å². The van der Waals surface area contributed by atoms with Gasteiger partial charge in [0, 0.05) is 13.7 Å². The predicted octanol–water partition coefficient (Wildman–Crippen LogP) is 0.148. The highest BCUT2D eigenvalue weighted by atomic mass is 19.1. The number of aliphatic hydroxyl groups excluding tert-OH is 1. The van der Waals surface area contributed by atoms with Crippen LogP contribution in [0.1, 0.15) is 5.56 Å². The molecule has 1 aromatic carbocycles. The number of hydrogen-bond donors (Lipinski definition) is 2. The molecule has 0 aromatic heterocycles. The Bertz CT molecular complexity index is 511. The minimum absolute atomic E-state index is 0.128. The molecule has 7 heteroatoms. The zero-order chi connectivity index (χ0) is 16.8. The fourth-order valence-electron chi connectivity index (χ4n) is 2.55. The number of aliphatic hydroxyl groups is 1. The molecule has 1 aliphatic heterocycles. The maximum absolute atomic E-state index is 12.8. The van der Waals surface area contributed by atoms with Crippen LogP contribution in [0.5, 0.6) is 0 Å². The van der Waals surface area contributed by atoms with Crippen LogP contribution < -0.4 is 5.32 Å². The van der Waals surface area contributed by atoms with Crippen molar-refractivity contribution in [3.05, 3.63) is 35.6 Å². The van der Waals surface area contributed by atoms with Gasteiger partial charge in [-0.1, -0.05) is 12.1 Å². The average Bonchev–Trinajstić information content (AvgIpc) is 2.54. The molecule has 3 atom stereocenters. The molecule has 2 N–H and O–H groups in total. The van der Waals surface area contributed by atoms with E-state index in [1.165, 1.54) is 19.2 Å². The summed E-state index contributed by atoms with van der Waals surface area (Å²) in [6.07, 6.45) is -1.10. The van der Waals surface area contributed by atoms with Crippen molar-refractivity contribution >= 4 is 5.91 Å². The minimum atomic E-state index is -0.705. The molecule has 0 aliphatic carbocycles. The third-order valence-electron chi connectivity index (χ3n) is 4.01. The number of hydrogen-bond acceptors (Lipinski definition) is 5. The molecule has 0 bridgehead atoms. The molecule has 0 spiro atoms. The van der Waals surface area contributed by atoms with E-state index in [2.05, 4.69) is 5.32 Å². The molecule has 1 amide bonds. The van der Waals surface area contributed by atoms with E-state index in [4.69, 9.17) is 9.47 Å². The van der Waals surface area contributed by atoms with Gasteiger partial charge in [-0.25, -0.2) is 4.39 Å². The number of halogens is 1. The molecule has 1 saturated heterocycles. The van der Waals surface area contributed by atoms with Crippen LogP contribution in [0.3, 0.4) is 0 Å². The monoisotopic (exact) mass is 326 g/mol. The minimum Gasteiger partial charge on any atom is -0.389 e. The lowest BCUT2D eigenvalue weighted by atomic mass is 10.0. The Labute approximate surface area is 135 Å². The predicted molar refractivity (Wildman–Crippen MR) is 82.3 cm³/mol. The molecule has 6 nitrogen and oxygen atoms in total. The molecule has 0 saturated carbocycles. The number of benzene rings is 1. The van der Waals surface area contributed by atoms with E-state index in [0.29, 0.717) is 19.8 Å². The summed E-state index contributed by atoms with van der Waals surface area (Å²) in [4.78, 5) is 13.8. The highest BCUT2D eigenvalue weighted by Gasteiger charge is 2.35.